The Morgan fingerprint density at radius 3 is 2.67 bits per heavy atom. The van der Waals surface area contributed by atoms with Gasteiger partial charge in [0.25, 0.3) is 11.8 Å². The fraction of sp³-hybridized carbons (Fsp3) is 0.400. The van der Waals surface area contributed by atoms with Crippen LogP contribution in [-0.4, -0.2) is 83.3 Å². The maximum atomic E-state index is 13.0. The summed E-state index contributed by atoms with van der Waals surface area (Å²) in [5.74, 6) is -3.36. The van der Waals surface area contributed by atoms with Crippen molar-refractivity contribution in [3.63, 3.8) is 0 Å². The number of carbonyl (C=O) groups excluding carboxylic acids is 2. The minimum Gasteiger partial charge on any atom is -0.478 e. The molecule has 2 aliphatic rings. The third-order valence-corrected chi connectivity index (χ3v) is 6.55. The van der Waals surface area contributed by atoms with Crippen molar-refractivity contribution in [3.8, 4) is 0 Å². The lowest BCUT2D eigenvalue weighted by Gasteiger charge is -2.43. The largest absolute Gasteiger partial charge is 0.478 e. The first-order valence-electron chi connectivity index (χ1n) is 9.17. The summed E-state index contributed by atoms with van der Waals surface area (Å²) in [6, 6.07) is -2.62. The molecule has 16 nitrogen and oxygen atoms in total. The molecule has 2 aromatic heterocycles. The van der Waals surface area contributed by atoms with Crippen LogP contribution in [-0.2, 0) is 36.1 Å². The molecule has 1 aliphatic carbocycles. The molecule has 3 heterocycles. The maximum Gasteiger partial charge on any atom is 0.362 e. The van der Waals surface area contributed by atoms with Crippen LogP contribution in [0, 0.1) is 0 Å². The predicted molar refractivity (Wildman–Crippen MR) is 108 cm³/mol. The zero-order chi connectivity index (χ0) is 24.0. The molecule has 2 atom stereocenters. The summed E-state index contributed by atoms with van der Waals surface area (Å²) in [5.41, 5.74) is 3.54. The minimum atomic E-state index is -4.91. The van der Waals surface area contributed by atoms with Crippen LogP contribution >= 0.6 is 11.3 Å². The fourth-order valence-electron chi connectivity index (χ4n) is 3.06. The second-order valence-electron chi connectivity index (χ2n) is 7.15. The molecule has 0 spiro atoms. The molecule has 1 saturated carbocycles. The van der Waals surface area contributed by atoms with E-state index in [0.29, 0.717) is 0 Å². The quantitative estimate of drug-likeness (QED) is 0.125. The molecule has 18 heteroatoms. The van der Waals surface area contributed by atoms with Gasteiger partial charge in [0, 0.05) is 18.2 Å². The van der Waals surface area contributed by atoms with E-state index in [1.165, 1.54) is 22.7 Å². The number of oxime groups is 1. The lowest BCUT2D eigenvalue weighted by Crippen LogP contribution is -2.73. The van der Waals surface area contributed by atoms with E-state index < -0.39 is 51.5 Å². The number of amides is 2. The SMILES string of the molecule is Nc1nc(C(=NOC2(C(=O)O)CC2)C(=O)NC2C(=O)N(S(=O)(=O)O)C2Cn2cncn2)cs1. The van der Waals surface area contributed by atoms with E-state index in [-0.39, 0.29) is 34.5 Å². The molecule has 2 unspecified atom stereocenters. The number of aliphatic carboxylic acids is 1. The van der Waals surface area contributed by atoms with Gasteiger partial charge in [-0.05, 0) is 0 Å². The van der Waals surface area contributed by atoms with E-state index in [0.717, 1.165) is 11.3 Å². The molecule has 176 valence electrons. The van der Waals surface area contributed by atoms with Gasteiger partial charge >= 0.3 is 16.3 Å². The molecule has 1 saturated heterocycles. The van der Waals surface area contributed by atoms with Gasteiger partial charge in [-0.15, -0.1) is 11.3 Å². The first-order chi connectivity index (χ1) is 15.5. The molecule has 0 radical (unpaired) electrons. The van der Waals surface area contributed by atoms with Crippen molar-refractivity contribution in [2.24, 2.45) is 5.16 Å². The summed E-state index contributed by atoms with van der Waals surface area (Å²) in [4.78, 5) is 49.4. The number of rotatable bonds is 9. The molecule has 1 aliphatic heterocycles. The van der Waals surface area contributed by atoms with Crippen LogP contribution in [0.1, 0.15) is 18.5 Å². The highest BCUT2D eigenvalue weighted by Crippen LogP contribution is 2.40. The molecule has 2 fully saturated rings. The van der Waals surface area contributed by atoms with Crippen LogP contribution in [0.5, 0.6) is 0 Å². The Balaban J connectivity index is 1.58. The molecule has 33 heavy (non-hydrogen) atoms. The number of nitrogens with two attached hydrogens (primary N) is 1. The molecule has 0 aromatic carbocycles. The van der Waals surface area contributed by atoms with Gasteiger partial charge in [-0.2, -0.15) is 13.5 Å². The number of nitrogens with zero attached hydrogens (tertiary/aromatic N) is 6. The van der Waals surface area contributed by atoms with Crippen LogP contribution in [0.25, 0.3) is 0 Å². The third-order valence-electron chi connectivity index (χ3n) is 4.93. The van der Waals surface area contributed by atoms with Gasteiger partial charge in [-0.25, -0.2) is 19.1 Å². The summed E-state index contributed by atoms with van der Waals surface area (Å²) in [5, 5.41) is 20.5. The number of hydrogen-bond acceptors (Lipinski definition) is 12. The number of nitrogen functional groups attached to an aromatic ring is 1. The molecule has 4 rings (SSSR count). The Hall–Kier alpha value is -3.64. The summed E-state index contributed by atoms with van der Waals surface area (Å²) in [6.07, 6.45) is 2.80. The fourth-order valence-corrected chi connectivity index (χ4v) is 4.48. The average Bonchev–Trinajstić information content (AvgIpc) is 3.12. The van der Waals surface area contributed by atoms with Gasteiger partial charge in [0.05, 0.1) is 12.6 Å². The topological polar surface area (TPSA) is 232 Å². The van der Waals surface area contributed by atoms with Crippen LogP contribution < -0.4 is 11.1 Å². The second-order valence-corrected chi connectivity index (χ2v) is 9.33. The highest BCUT2D eigenvalue weighted by atomic mass is 32.2. The molecule has 2 aromatic rings. The maximum absolute atomic E-state index is 13.0. The van der Waals surface area contributed by atoms with Gasteiger partial charge in [0.2, 0.25) is 5.60 Å². The van der Waals surface area contributed by atoms with E-state index in [1.807, 2.05) is 0 Å². The van der Waals surface area contributed by atoms with Crippen LogP contribution in [0.4, 0.5) is 5.13 Å². The number of thiazole rings is 1. The van der Waals surface area contributed by atoms with Crippen molar-refractivity contribution in [2.75, 3.05) is 5.73 Å². The normalized spacial score (nSPS) is 21.9. The zero-order valence-corrected chi connectivity index (χ0v) is 18.1. The molecule has 5 N–H and O–H groups in total. The molecule has 0 bridgehead atoms. The van der Waals surface area contributed by atoms with Gasteiger partial charge in [-0.1, -0.05) is 5.16 Å². The van der Waals surface area contributed by atoms with Gasteiger partial charge in [0.1, 0.15) is 24.4 Å². The standard InChI is InChI=1S/C15H16N8O8S2/c16-14-19-7(4-32-14)9(21-31-15(1-2-15)13(26)27)11(24)20-10-8(3-22-6-17-5-18-22)23(12(10)25)33(28,29)30/h4-6,8,10H,1-3H2,(H2,16,19)(H,20,24)(H,26,27)(H,28,29,30). The van der Waals surface area contributed by atoms with Gasteiger partial charge in [-0.3, -0.25) is 18.8 Å². The smallest absolute Gasteiger partial charge is 0.362 e. The Morgan fingerprint density at radius 2 is 2.15 bits per heavy atom. The van der Waals surface area contributed by atoms with E-state index in [4.69, 9.17) is 10.6 Å². The highest BCUT2D eigenvalue weighted by molar-refractivity contribution is 7.84. The Morgan fingerprint density at radius 1 is 1.42 bits per heavy atom. The van der Waals surface area contributed by atoms with Crippen molar-refractivity contribution in [1.82, 2.24) is 29.4 Å². The van der Waals surface area contributed by atoms with Crippen LogP contribution in [0.3, 0.4) is 0 Å². The van der Waals surface area contributed by atoms with Crippen molar-refractivity contribution in [3.05, 3.63) is 23.7 Å². The number of hydrogen-bond donors (Lipinski definition) is 4. The van der Waals surface area contributed by atoms with E-state index >= 15 is 0 Å². The molecule has 2 amide bonds. The summed E-state index contributed by atoms with van der Waals surface area (Å²) < 4.78 is 34.0. The summed E-state index contributed by atoms with van der Waals surface area (Å²) >= 11 is 0.980. The van der Waals surface area contributed by atoms with Crippen molar-refractivity contribution < 1.29 is 37.3 Å². The predicted octanol–water partition coefficient (Wildman–Crippen LogP) is -2.15. The Labute approximate surface area is 188 Å². The lowest BCUT2D eigenvalue weighted by atomic mass is 9.98. The zero-order valence-electron chi connectivity index (χ0n) is 16.4. The monoisotopic (exact) mass is 500 g/mol. The first kappa shape index (κ1) is 22.6. The van der Waals surface area contributed by atoms with E-state index in [9.17, 15) is 32.5 Å². The summed E-state index contributed by atoms with van der Waals surface area (Å²) in [7, 11) is -4.91. The number of aromatic nitrogens is 4. The molecular weight excluding hydrogens is 484 g/mol. The Kier molecular flexibility index (Phi) is 5.50. The van der Waals surface area contributed by atoms with Gasteiger partial charge < -0.3 is 21.0 Å². The first-order valence-corrected chi connectivity index (χ1v) is 11.4. The van der Waals surface area contributed by atoms with Crippen LogP contribution in [0.15, 0.2) is 23.2 Å². The number of nitrogens with one attached hydrogen (secondary N) is 1. The van der Waals surface area contributed by atoms with E-state index in [1.54, 1.807) is 0 Å². The number of carbonyl (C=O) groups is 3. The minimum absolute atomic E-state index is 0.0394. The average molecular weight is 500 g/mol. The lowest BCUT2D eigenvalue weighted by molar-refractivity contribution is -0.153. The van der Waals surface area contributed by atoms with Crippen molar-refractivity contribution in [1.29, 1.82) is 0 Å². The number of anilines is 1. The summed E-state index contributed by atoms with van der Waals surface area (Å²) in [6.45, 7) is -0.217. The van der Waals surface area contributed by atoms with Crippen molar-refractivity contribution in [2.45, 2.75) is 37.1 Å². The third kappa shape index (κ3) is 4.34. The second kappa shape index (κ2) is 8.05. The van der Waals surface area contributed by atoms with Crippen LogP contribution in [0.2, 0.25) is 0 Å². The number of carboxylic acid groups (broad SMARTS) is 1. The van der Waals surface area contributed by atoms with Crippen molar-refractivity contribution >= 4 is 50.3 Å². The number of β-lactam (4-membered cyclic amide) rings is 1. The highest BCUT2D eigenvalue weighted by Gasteiger charge is 2.56. The van der Waals surface area contributed by atoms with Gasteiger partial charge in [0.15, 0.2) is 10.8 Å². The molecular formula is C15H16N8O8S2. The van der Waals surface area contributed by atoms with E-state index in [2.05, 4.69) is 25.5 Å². The number of carboxylic acids is 1. The Bertz CT molecular complexity index is 1240.